The highest BCUT2D eigenvalue weighted by molar-refractivity contribution is 6.29. The van der Waals surface area contributed by atoms with Gasteiger partial charge >= 0.3 is 0 Å². The Balaban J connectivity index is 0.000000191. The van der Waals surface area contributed by atoms with Crippen LogP contribution in [0.2, 0.25) is 5.15 Å². The quantitative estimate of drug-likeness (QED) is 0.273. The number of nitrogens with one attached hydrogen (secondary N) is 1. The number of hydrogen-bond acceptors (Lipinski definition) is 6. The third-order valence-electron chi connectivity index (χ3n) is 4.85. The molecule has 2 aliphatic rings. The van der Waals surface area contributed by atoms with E-state index in [9.17, 15) is 10.1 Å². The largest absolute Gasteiger partial charge is 0.481 e. The lowest BCUT2D eigenvalue weighted by Gasteiger charge is -2.14. The summed E-state index contributed by atoms with van der Waals surface area (Å²) in [5, 5.41) is 16.2. The zero-order valence-electron chi connectivity index (χ0n) is 19.0. The molecule has 1 saturated heterocycles. The summed E-state index contributed by atoms with van der Waals surface area (Å²) in [6, 6.07) is 7.41. The summed E-state index contributed by atoms with van der Waals surface area (Å²) in [7, 11) is 0. The molecule has 3 heterocycles. The van der Waals surface area contributed by atoms with Crippen molar-refractivity contribution in [2.75, 3.05) is 26.5 Å². The molecule has 0 radical (unpaired) electrons. The monoisotopic (exact) mass is 487 g/mol. The SMILES string of the molecule is CC#CCOc1cc2c(cc1CCC)OCO2.O=[N+]([O-])/N=C1\NCCN1Cc1ccc(Cl)nc1. The highest BCUT2D eigenvalue weighted by Gasteiger charge is 2.21. The first-order chi connectivity index (χ1) is 16.5. The fraction of sp³-hybridized carbons (Fsp3) is 0.391. The van der Waals surface area contributed by atoms with Crippen LogP contribution in [0.5, 0.6) is 17.2 Å². The molecule has 0 bridgehead atoms. The summed E-state index contributed by atoms with van der Waals surface area (Å²) < 4.78 is 16.3. The standard InChI is InChI=1S/C14H16O3.C9H10ClN5O2/c1-3-5-7-15-12-9-14-13(16-10-17-14)8-11(12)6-4-2;10-8-2-1-7(5-12-8)6-14-4-3-11-9(14)13-15(16)17/h8-9H,4,6-7,10H2,1-2H3;1-2,5H,3-4,6H2,(H,11,13). The molecule has 4 rings (SSSR count). The minimum Gasteiger partial charge on any atom is -0.481 e. The second kappa shape index (κ2) is 12.5. The van der Waals surface area contributed by atoms with Crippen LogP contribution in [-0.4, -0.2) is 47.4 Å². The lowest BCUT2D eigenvalue weighted by molar-refractivity contribution is -0.485. The lowest BCUT2D eigenvalue weighted by atomic mass is 10.1. The number of hydrogen-bond donors (Lipinski definition) is 1. The molecule has 180 valence electrons. The zero-order chi connectivity index (χ0) is 24.3. The van der Waals surface area contributed by atoms with Gasteiger partial charge in [0.15, 0.2) is 16.5 Å². The molecule has 0 atom stereocenters. The van der Waals surface area contributed by atoms with Gasteiger partial charge in [-0.15, -0.1) is 5.92 Å². The molecule has 34 heavy (non-hydrogen) atoms. The van der Waals surface area contributed by atoms with Gasteiger partial charge in [-0.25, -0.2) is 15.1 Å². The number of hydrazone groups is 1. The Hall–Kier alpha value is -3.71. The summed E-state index contributed by atoms with van der Waals surface area (Å²) in [5.74, 6) is 8.39. The maximum Gasteiger partial charge on any atom is 0.271 e. The smallest absolute Gasteiger partial charge is 0.271 e. The van der Waals surface area contributed by atoms with Crippen LogP contribution in [0.4, 0.5) is 0 Å². The second-order valence-electron chi connectivity index (χ2n) is 7.28. The first-order valence-corrected chi connectivity index (χ1v) is 11.1. The number of pyridine rings is 1. The van der Waals surface area contributed by atoms with Crippen LogP contribution >= 0.6 is 11.6 Å². The van der Waals surface area contributed by atoms with E-state index < -0.39 is 5.03 Å². The lowest BCUT2D eigenvalue weighted by Crippen LogP contribution is -2.30. The minimum absolute atomic E-state index is 0.282. The molecular formula is C23H26ClN5O5. The Bertz CT molecular complexity index is 1080. The Labute approximate surface area is 203 Å². The van der Waals surface area contributed by atoms with Gasteiger partial charge in [-0.1, -0.05) is 36.9 Å². The third-order valence-corrected chi connectivity index (χ3v) is 5.08. The molecule has 2 aliphatic heterocycles. The summed E-state index contributed by atoms with van der Waals surface area (Å²) in [6.45, 7) is 6.48. The number of benzene rings is 1. The molecule has 11 heteroatoms. The van der Waals surface area contributed by atoms with Crippen molar-refractivity contribution in [3.63, 3.8) is 0 Å². The fourth-order valence-corrected chi connectivity index (χ4v) is 3.43. The van der Waals surface area contributed by atoms with Crippen LogP contribution in [0.1, 0.15) is 31.4 Å². The average molecular weight is 488 g/mol. The topological polar surface area (TPSA) is 111 Å². The normalized spacial score (nSPS) is 14.6. The van der Waals surface area contributed by atoms with E-state index in [-0.39, 0.29) is 5.96 Å². The van der Waals surface area contributed by atoms with E-state index in [1.54, 1.807) is 24.1 Å². The van der Waals surface area contributed by atoms with Gasteiger partial charge in [-0.3, -0.25) is 0 Å². The first kappa shape index (κ1) is 24.9. The van der Waals surface area contributed by atoms with E-state index in [2.05, 4.69) is 34.2 Å². The van der Waals surface area contributed by atoms with E-state index in [1.807, 2.05) is 18.2 Å². The van der Waals surface area contributed by atoms with Crippen molar-refractivity contribution in [1.82, 2.24) is 15.2 Å². The molecule has 1 aromatic carbocycles. The molecule has 0 unspecified atom stereocenters. The Morgan fingerprint density at radius 2 is 2.15 bits per heavy atom. The number of fused-ring (bicyclic) bond motifs is 1. The third kappa shape index (κ3) is 7.15. The van der Waals surface area contributed by atoms with Crippen molar-refractivity contribution >= 4 is 17.6 Å². The maximum atomic E-state index is 10.3. The van der Waals surface area contributed by atoms with Crippen LogP contribution in [0, 0.1) is 22.0 Å². The molecule has 0 amide bonds. The number of rotatable bonds is 7. The predicted octanol–water partition coefficient (Wildman–Crippen LogP) is 3.46. The second-order valence-corrected chi connectivity index (χ2v) is 7.66. The highest BCUT2D eigenvalue weighted by atomic mass is 35.5. The summed E-state index contributed by atoms with van der Waals surface area (Å²) >= 11 is 5.68. The average Bonchev–Trinajstić information content (AvgIpc) is 3.45. The van der Waals surface area contributed by atoms with Crippen molar-refractivity contribution in [2.24, 2.45) is 5.10 Å². The molecule has 10 nitrogen and oxygen atoms in total. The van der Waals surface area contributed by atoms with Crippen molar-refractivity contribution in [3.05, 3.63) is 56.9 Å². The van der Waals surface area contributed by atoms with Gasteiger partial charge in [0.05, 0.1) is 0 Å². The van der Waals surface area contributed by atoms with E-state index in [4.69, 9.17) is 25.8 Å². The van der Waals surface area contributed by atoms with Gasteiger partial charge in [0.1, 0.15) is 22.6 Å². The van der Waals surface area contributed by atoms with Gasteiger partial charge in [0, 0.05) is 31.9 Å². The first-order valence-electron chi connectivity index (χ1n) is 10.8. The van der Waals surface area contributed by atoms with Gasteiger partial charge in [0.25, 0.3) is 5.96 Å². The molecular weight excluding hydrogens is 462 g/mol. The van der Waals surface area contributed by atoms with Crippen LogP contribution in [-0.2, 0) is 13.0 Å². The molecule has 0 aliphatic carbocycles. The molecule has 1 aromatic heterocycles. The van der Waals surface area contributed by atoms with E-state index in [0.29, 0.717) is 38.2 Å². The number of guanidine groups is 1. The number of aryl methyl sites for hydroxylation is 1. The summed E-state index contributed by atoms with van der Waals surface area (Å²) in [5.41, 5.74) is 2.07. The van der Waals surface area contributed by atoms with Gasteiger partial charge in [-0.05, 0) is 36.6 Å². The van der Waals surface area contributed by atoms with Crippen LogP contribution in [0.15, 0.2) is 35.6 Å². The van der Waals surface area contributed by atoms with E-state index in [1.165, 1.54) is 0 Å². The summed E-state index contributed by atoms with van der Waals surface area (Å²) in [6.07, 6.45) is 3.67. The Kier molecular flexibility index (Phi) is 9.17. The van der Waals surface area contributed by atoms with Crippen molar-refractivity contribution < 1.29 is 19.2 Å². The Morgan fingerprint density at radius 3 is 2.82 bits per heavy atom. The van der Waals surface area contributed by atoms with Crippen molar-refractivity contribution in [1.29, 1.82) is 0 Å². The van der Waals surface area contributed by atoms with Crippen LogP contribution in [0.3, 0.4) is 0 Å². The van der Waals surface area contributed by atoms with Crippen molar-refractivity contribution in [3.8, 4) is 29.1 Å². The van der Waals surface area contributed by atoms with Crippen LogP contribution in [0.25, 0.3) is 0 Å². The van der Waals surface area contributed by atoms with Crippen molar-refractivity contribution in [2.45, 2.75) is 33.2 Å². The number of halogens is 1. The van der Waals surface area contributed by atoms with Gasteiger partial charge in [-0.2, -0.15) is 0 Å². The zero-order valence-corrected chi connectivity index (χ0v) is 19.8. The minimum atomic E-state index is -0.708. The molecule has 1 N–H and O–H groups in total. The number of ether oxygens (including phenoxy) is 3. The number of nitrogens with zero attached hydrogens (tertiary/aromatic N) is 4. The molecule has 1 fully saturated rings. The van der Waals surface area contributed by atoms with Crippen LogP contribution < -0.4 is 19.5 Å². The highest BCUT2D eigenvalue weighted by Crippen LogP contribution is 2.38. The predicted molar refractivity (Wildman–Crippen MR) is 128 cm³/mol. The maximum absolute atomic E-state index is 10.3. The number of aromatic nitrogens is 1. The van der Waals surface area contributed by atoms with E-state index in [0.717, 1.165) is 41.2 Å². The Morgan fingerprint density at radius 1 is 1.35 bits per heavy atom. The van der Waals surface area contributed by atoms with E-state index >= 15 is 0 Å². The summed E-state index contributed by atoms with van der Waals surface area (Å²) in [4.78, 5) is 16.1. The van der Waals surface area contributed by atoms with Gasteiger partial charge < -0.3 is 24.4 Å². The molecule has 0 saturated carbocycles. The molecule has 2 aromatic rings. The molecule has 0 spiro atoms. The van der Waals surface area contributed by atoms with Gasteiger partial charge in [0.2, 0.25) is 6.79 Å². The fourth-order valence-electron chi connectivity index (χ4n) is 3.32. The number of nitro groups is 1.